The lowest BCUT2D eigenvalue weighted by Crippen LogP contribution is -2.38. The second-order valence-corrected chi connectivity index (χ2v) is 3.67. The molecule has 2 heteroatoms. The predicted octanol–water partition coefficient (Wildman–Crippen LogP) is 1.41. The molecule has 0 spiro atoms. The zero-order chi connectivity index (χ0) is 8.10. The summed E-state index contributed by atoms with van der Waals surface area (Å²) >= 11 is 0. The number of morpholine rings is 1. The maximum atomic E-state index is 5.57. The van der Waals surface area contributed by atoms with Crippen LogP contribution in [0, 0.1) is 5.92 Å². The highest BCUT2D eigenvalue weighted by atomic mass is 16.5. The number of ether oxygens (including phenoxy) is 1. The smallest absolute Gasteiger partial charge is 0.0700 e. The minimum Gasteiger partial charge on any atom is -0.376 e. The lowest BCUT2D eigenvalue weighted by molar-refractivity contribution is 0.0205. The van der Waals surface area contributed by atoms with Crippen molar-refractivity contribution in [3.05, 3.63) is 0 Å². The highest BCUT2D eigenvalue weighted by molar-refractivity contribution is 4.67. The van der Waals surface area contributed by atoms with E-state index in [0.29, 0.717) is 6.10 Å². The molecule has 1 fully saturated rings. The Morgan fingerprint density at radius 2 is 2.36 bits per heavy atom. The number of rotatable bonds is 3. The van der Waals surface area contributed by atoms with Gasteiger partial charge in [0.05, 0.1) is 12.7 Å². The van der Waals surface area contributed by atoms with Crippen LogP contribution >= 0.6 is 0 Å². The second kappa shape index (κ2) is 4.73. The molecule has 0 amide bonds. The normalized spacial score (nSPS) is 25.9. The quantitative estimate of drug-likeness (QED) is 0.669. The third-order valence-corrected chi connectivity index (χ3v) is 2.07. The molecule has 0 radical (unpaired) electrons. The zero-order valence-electron chi connectivity index (χ0n) is 7.60. The first-order chi connectivity index (χ1) is 5.29. The van der Waals surface area contributed by atoms with Gasteiger partial charge in [-0.1, -0.05) is 13.8 Å². The Morgan fingerprint density at radius 1 is 1.55 bits per heavy atom. The molecule has 1 N–H and O–H groups in total. The number of nitrogens with one attached hydrogen (secondary N) is 1. The van der Waals surface area contributed by atoms with Gasteiger partial charge in [0.25, 0.3) is 0 Å². The van der Waals surface area contributed by atoms with Gasteiger partial charge in [0.1, 0.15) is 0 Å². The highest BCUT2D eigenvalue weighted by Crippen LogP contribution is 2.10. The van der Waals surface area contributed by atoms with Gasteiger partial charge in [-0.25, -0.2) is 0 Å². The van der Waals surface area contributed by atoms with E-state index in [2.05, 4.69) is 19.2 Å². The average Bonchev–Trinajstić information content (AvgIpc) is 2.03. The molecule has 0 bridgehead atoms. The largest absolute Gasteiger partial charge is 0.376 e. The van der Waals surface area contributed by atoms with Crippen LogP contribution in [0.5, 0.6) is 0 Å². The van der Waals surface area contributed by atoms with E-state index < -0.39 is 0 Å². The lowest BCUT2D eigenvalue weighted by atomic mass is 10.0. The molecule has 0 aromatic heterocycles. The summed E-state index contributed by atoms with van der Waals surface area (Å²) in [4.78, 5) is 0. The van der Waals surface area contributed by atoms with E-state index in [1.54, 1.807) is 0 Å². The van der Waals surface area contributed by atoms with Crippen molar-refractivity contribution in [1.82, 2.24) is 5.32 Å². The average molecular weight is 157 g/mol. The molecule has 1 saturated heterocycles. The van der Waals surface area contributed by atoms with Gasteiger partial charge in [0.15, 0.2) is 0 Å². The van der Waals surface area contributed by atoms with E-state index in [1.807, 2.05) is 0 Å². The Labute approximate surface area is 69.3 Å². The van der Waals surface area contributed by atoms with Gasteiger partial charge in [0.2, 0.25) is 0 Å². The summed E-state index contributed by atoms with van der Waals surface area (Å²) in [6.45, 7) is 7.49. The molecule has 0 aliphatic carbocycles. The topological polar surface area (TPSA) is 21.3 Å². The first kappa shape index (κ1) is 9.01. The van der Waals surface area contributed by atoms with Crippen LogP contribution in [0.15, 0.2) is 0 Å². The molecular weight excluding hydrogens is 138 g/mol. The van der Waals surface area contributed by atoms with Crippen LogP contribution in [0.25, 0.3) is 0 Å². The molecular formula is C9H19NO. The minimum absolute atomic E-state index is 0.478. The predicted molar refractivity (Wildman–Crippen MR) is 46.7 cm³/mol. The molecule has 1 rings (SSSR count). The van der Waals surface area contributed by atoms with Crippen LogP contribution in [-0.2, 0) is 4.74 Å². The third-order valence-electron chi connectivity index (χ3n) is 2.07. The Morgan fingerprint density at radius 3 is 2.91 bits per heavy atom. The van der Waals surface area contributed by atoms with E-state index in [-0.39, 0.29) is 0 Å². The molecule has 1 unspecified atom stereocenters. The molecule has 0 saturated carbocycles. The van der Waals surface area contributed by atoms with E-state index >= 15 is 0 Å². The SMILES string of the molecule is CC(C)CCC1CNCCO1. The summed E-state index contributed by atoms with van der Waals surface area (Å²) < 4.78 is 5.57. The zero-order valence-corrected chi connectivity index (χ0v) is 7.60. The van der Waals surface area contributed by atoms with E-state index in [0.717, 1.165) is 25.6 Å². The summed E-state index contributed by atoms with van der Waals surface area (Å²) in [7, 11) is 0. The van der Waals surface area contributed by atoms with E-state index in [4.69, 9.17) is 4.74 Å². The van der Waals surface area contributed by atoms with Crippen molar-refractivity contribution < 1.29 is 4.74 Å². The van der Waals surface area contributed by atoms with Gasteiger partial charge in [-0.2, -0.15) is 0 Å². The monoisotopic (exact) mass is 157 g/mol. The molecule has 0 aromatic carbocycles. The Bertz CT molecular complexity index is 97.7. The van der Waals surface area contributed by atoms with Crippen LogP contribution in [0.3, 0.4) is 0 Å². The van der Waals surface area contributed by atoms with Crippen molar-refractivity contribution in [2.45, 2.75) is 32.8 Å². The Hall–Kier alpha value is -0.0800. The lowest BCUT2D eigenvalue weighted by Gasteiger charge is -2.24. The second-order valence-electron chi connectivity index (χ2n) is 3.67. The summed E-state index contributed by atoms with van der Waals surface area (Å²) in [5, 5.41) is 3.33. The third kappa shape index (κ3) is 3.73. The van der Waals surface area contributed by atoms with Crippen molar-refractivity contribution in [2.24, 2.45) is 5.92 Å². The first-order valence-corrected chi connectivity index (χ1v) is 4.61. The van der Waals surface area contributed by atoms with Gasteiger partial charge >= 0.3 is 0 Å². The van der Waals surface area contributed by atoms with Crippen LogP contribution in [0.1, 0.15) is 26.7 Å². The van der Waals surface area contributed by atoms with Crippen molar-refractivity contribution in [3.8, 4) is 0 Å². The number of hydrogen-bond donors (Lipinski definition) is 1. The molecule has 1 atom stereocenters. The fraction of sp³-hybridized carbons (Fsp3) is 1.00. The van der Waals surface area contributed by atoms with Crippen LogP contribution < -0.4 is 5.32 Å². The molecule has 1 heterocycles. The van der Waals surface area contributed by atoms with Gasteiger partial charge in [0, 0.05) is 13.1 Å². The summed E-state index contributed by atoms with van der Waals surface area (Å²) in [5.41, 5.74) is 0. The van der Waals surface area contributed by atoms with Crippen molar-refractivity contribution >= 4 is 0 Å². The van der Waals surface area contributed by atoms with Crippen molar-refractivity contribution in [3.63, 3.8) is 0 Å². The first-order valence-electron chi connectivity index (χ1n) is 4.61. The molecule has 2 nitrogen and oxygen atoms in total. The molecule has 11 heavy (non-hydrogen) atoms. The summed E-state index contributed by atoms with van der Waals surface area (Å²) in [6.07, 6.45) is 2.97. The maximum absolute atomic E-state index is 5.57. The Kier molecular flexibility index (Phi) is 3.87. The number of hydrogen-bond acceptors (Lipinski definition) is 2. The van der Waals surface area contributed by atoms with Crippen LogP contribution in [-0.4, -0.2) is 25.8 Å². The summed E-state index contributed by atoms with van der Waals surface area (Å²) in [6, 6.07) is 0. The maximum Gasteiger partial charge on any atom is 0.0700 e. The molecule has 0 aromatic rings. The molecule has 1 aliphatic heterocycles. The fourth-order valence-electron chi connectivity index (χ4n) is 1.32. The van der Waals surface area contributed by atoms with E-state index in [1.165, 1.54) is 12.8 Å². The fourth-order valence-corrected chi connectivity index (χ4v) is 1.32. The van der Waals surface area contributed by atoms with Crippen molar-refractivity contribution in [1.29, 1.82) is 0 Å². The Balaban J connectivity index is 2.05. The minimum atomic E-state index is 0.478. The molecule has 1 aliphatic rings. The van der Waals surface area contributed by atoms with Crippen LogP contribution in [0.4, 0.5) is 0 Å². The van der Waals surface area contributed by atoms with Crippen LogP contribution in [0.2, 0.25) is 0 Å². The summed E-state index contributed by atoms with van der Waals surface area (Å²) in [5.74, 6) is 0.806. The van der Waals surface area contributed by atoms with Gasteiger partial charge in [-0.05, 0) is 18.8 Å². The molecule has 66 valence electrons. The van der Waals surface area contributed by atoms with E-state index in [9.17, 15) is 0 Å². The van der Waals surface area contributed by atoms with Gasteiger partial charge < -0.3 is 10.1 Å². The van der Waals surface area contributed by atoms with Gasteiger partial charge in [-0.3, -0.25) is 0 Å². The van der Waals surface area contributed by atoms with Crippen molar-refractivity contribution in [2.75, 3.05) is 19.7 Å². The highest BCUT2D eigenvalue weighted by Gasteiger charge is 2.12. The standard InChI is InChI=1S/C9H19NO/c1-8(2)3-4-9-7-10-5-6-11-9/h8-10H,3-7H2,1-2H3. The van der Waals surface area contributed by atoms with Gasteiger partial charge in [-0.15, -0.1) is 0 Å².